The van der Waals surface area contributed by atoms with Crippen LogP contribution in [0.25, 0.3) is 10.4 Å². The van der Waals surface area contributed by atoms with Gasteiger partial charge in [0.05, 0.1) is 4.92 Å². The van der Waals surface area contributed by atoms with E-state index in [1.807, 2.05) is 0 Å². The van der Waals surface area contributed by atoms with Crippen molar-refractivity contribution in [1.29, 1.82) is 0 Å². The van der Waals surface area contributed by atoms with Gasteiger partial charge in [-0.15, -0.1) is 0 Å². The number of nitro groups is 1. The first-order valence-electron chi connectivity index (χ1n) is 4.10. The Morgan fingerprint density at radius 3 is 2.56 bits per heavy atom. The Kier molecular flexibility index (Phi) is 3.82. The first-order chi connectivity index (χ1) is 7.69. The second-order valence-electron chi connectivity index (χ2n) is 2.59. The molecule has 0 spiro atoms. The van der Waals surface area contributed by atoms with Crippen LogP contribution in [0.2, 0.25) is 0 Å². The zero-order valence-electron chi connectivity index (χ0n) is 8.27. The lowest BCUT2D eigenvalue weighted by molar-refractivity contribution is -0.384. The molecule has 82 valence electrons. The van der Waals surface area contributed by atoms with E-state index >= 15 is 0 Å². The number of non-ortho nitro benzene ring substituents is 1. The lowest BCUT2D eigenvalue weighted by Gasteiger charge is -1.98. The van der Waals surface area contributed by atoms with Crippen LogP contribution in [-0.4, -0.2) is 17.9 Å². The number of benzene rings is 1. The van der Waals surface area contributed by atoms with Crippen molar-refractivity contribution in [2.75, 3.05) is 7.11 Å². The Balaban J connectivity index is 3.08. The molecule has 0 saturated heterocycles. The normalized spacial score (nSPS) is 10.4. The van der Waals surface area contributed by atoms with Gasteiger partial charge in [-0.3, -0.25) is 10.1 Å². The smallest absolute Gasteiger partial charge is 0.269 e. The van der Waals surface area contributed by atoms with E-state index in [9.17, 15) is 10.1 Å². The summed E-state index contributed by atoms with van der Waals surface area (Å²) in [6, 6.07) is 5.41. The molecule has 1 rings (SSSR count). The maximum Gasteiger partial charge on any atom is 0.269 e. The monoisotopic (exact) mass is 221 g/mol. The lowest BCUT2D eigenvalue weighted by Crippen LogP contribution is -1.97. The van der Waals surface area contributed by atoms with Crippen LogP contribution in [0.4, 0.5) is 5.69 Å². The average molecular weight is 221 g/mol. The van der Waals surface area contributed by atoms with Crippen LogP contribution in [0.1, 0.15) is 5.56 Å². The van der Waals surface area contributed by atoms with E-state index in [1.165, 1.54) is 31.4 Å². The number of rotatable bonds is 3. The highest BCUT2D eigenvalue weighted by Crippen LogP contribution is 2.13. The first-order valence-corrected chi connectivity index (χ1v) is 4.10. The van der Waals surface area contributed by atoms with Gasteiger partial charge in [-0.05, 0) is 22.8 Å². The van der Waals surface area contributed by atoms with Crippen LogP contribution in [0.15, 0.2) is 34.5 Å². The molecule has 0 saturated carbocycles. The Hall–Kier alpha value is -2.60. The van der Waals surface area contributed by atoms with Crippen molar-refractivity contribution in [2.45, 2.75) is 0 Å². The highest BCUT2D eigenvalue weighted by Gasteiger charge is 2.07. The highest BCUT2D eigenvalue weighted by molar-refractivity contribution is 5.99. The molecular formula is C8H7N5O3. The quantitative estimate of drug-likeness (QED) is 0.148. The zero-order valence-corrected chi connectivity index (χ0v) is 8.27. The van der Waals surface area contributed by atoms with E-state index in [-0.39, 0.29) is 11.5 Å². The average Bonchev–Trinajstić information content (AvgIpc) is 2.29. The summed E-state index contributed by atoms with van der Waals surface area (Å²) in [4.78, 5) is 16.9. The summed E-state index contributed by atoms with van der Waals surface area (Å²) in [5.74, 6) is 0.0138. The van der Waals surface area contributed by atoms with E-state index in [4.69, 9.17) is 5.53 Å². The fourth-order valence-corrected chi connectivity index (χ4v) is 0.990. The SMILES string of the molecule is CO/N=C(\N=[N+]=[N-])c1ccc([N+](=O)[O-])cc1. The van der Waals surface area contributed by atoms with Gasteiger partial charge in [0.25, 0.3) is 5.69 Å². The Morgan fingerprint density at radius 1 is 1.50 bits per heavy atom. The van der Waals surface area contributed by atoms with Crippen molar-refractivity contribution in [3.63, 3.8) is 0 Å². The molecule has 1 aromatic carbocycles. The molecule has 0 heterocycles. The number of oxime groups is 1. The van der Waals surface area contributed by atoms with Crippen LogP contribution in [0, 0.1) is 10.1 Å². The fraction of sp³-hybridized carbons (Fsp3) is 0.125. The molecule has 0 aliphatic rings. The van der Waals surface area contributed by atoms with E-state index < -0.39 is 4.92 Å². The molecule has 0 N–H and O–H groups in total. The molecular weight excluding hydrogens is 214 g/mol. The number of nitrogens with zero attached hydrogens (tertiary/aromatic N) is 5. The van der Waals surface area contributed by atoms with Crippen LogP contribution in [-0.2, 0) is 4.84 Å². The van der Waals surface area contributed by atoms with Gasteiger partial charge in [-0.1, -0.05) is 5.16 Å². The third kappa shape index (κ3) is 2.69. The largest absolute Gasteiger partial charge is 0.399 e. The van der Waals surface area contributed by atoms with Gasteiger partial charge in [-0.25, -0.2) is 0 Å². The molecule has 0 radical (unpaired) electrons. The molecule has 8 nitrogen and oxygen atoms in total. The van der Waals surface area contributed by atoms with Gasteiger partial charge >= 0.3 is 0 Å². The van der Waals surface area contributed by atoms with Gasteiger partial charge in [-0.2, -0.15) is 0 Å². The van der Waals surface area contributed by atoms with Crippen molar-refractivity contribution in [1.82, 2.24) is 0 Å². The standard InChI is InChI=1S/C8H7N5O3/c1-16-11-8(10-12-9)6-2-4-7(5-3-6)13(14)15/h2-5H,1H3/b11-8-. The topological polar surface area (TPSA) is 113 Å². The molecule has 8 heteroatoms. The third-order valence-electron chi connectivity index (χ3n) is 1.65. The second-order valence-corrected chi connectivity index (χ2v) is 2.59. The zero-order chi connectivity index (χ0) is 12.0. The van der Waals surface area contributed by atoms with Crippen LogP contribution in [0.3, 0.4) is 0 Å². The molecule has 0 aliphatic heterocycles. The van der Waals surface area contributed by atoms with E-state index in [1.54, 1.807) is 0 Å². The summed E-state index contributed by atoms with van der Waals surface area (Å²) in [5.41, 5.74) is 8.66. The summed E-state index contributed by atoms with van der Waals surface area (Å²) < 4.78 is 0. The van der Waals surface area contributed by atoms with Gasteiger partial charge in [0.1, 0.15) is 7.11 Å². The summed E-state index contributed by atoms with van der Waals surface area (Å²) >= 11 is 0. The fourth-order valence-electron chi connectivity index (χ4n) is 0.990. The maximum absolute atomic E-state index is 10.4. The maximum atomic E-state index is 10.4. The number of amidine groups is 1. The number of hydrogen-bond donors (Lipinski definition) is 0. The van der Waals surface area contributed by atoms with Gasteiger partial charge in [0, 0.05) is 22.6 Å². The summed E-state index contributed by atoms with van der Waals surface area (Å²) in [5, 5.41) is 17.2. The molecule has 0 unspecified atom stereocenters. The molecule has 0 fully saturated rings. The highest BCUT2D eigenvalue weighted by atomic mass is 16.6. The van der Waals surface area contributed by atoms with Crippen molar-refractivity contribution in [3.8, 4) is 0 Å². The predicted octanol–water partition coefficient (Wildman–Crippen LogP) is 2.21. The lowest BCUT2D eigenvalue weighted by atomic mass is 10.2. The van der Waals surface area contributed by atoms with Gasteiger partial charge < -0.3 is 4.84 Å². The summed E-state index contributed by atoms with van der Waals surface area (Å²) in [6.07, 6.45) is 0. The number of azide groups is 1. The molecule has 0 aliphatic carbocycles. The first kappa shape index (κ1) is 11.5. The Labute approximate surface area is 89.9 Å². The second kappa shape index (κ2) is 5.32. The van der Waals surface area contributed by atoms with E-state index in [2.05, 4.69) is 20.0 Å². The Morgan fingerprint density at radius 2 is 2.12 bits per heavy atom. The number of hydrogen-bond acceptors (Lipinski definition) is 4. The molecule has 1 aromatic rings. The van der Waals surface area contributed by atoms with Crippen molar-refractivity contribution >= 4 is 11.5 Å². The van der Waals surface area contributed by atoms with Gasteiger partial charge in [0.15, 0.2) is 5.84 Å². The van der Waals surface area contributed by atoms with Crippen molar-refractivity contribution in [3.05, 3.63) is 50.4 Å². The van der Waals surface area contributed by atoms with Crippen molar-refractivity contribution < 1.29 is 9.76 Å². The Bertz CT molecular complexity index is 461. The third-order valence-corrected chi connectivity index (χ3v) is 1.65. The van der Waals surface area contributed by atoms with Crippen LogP contribution in [0.5, 0.6) is 0 Å². The summed E-state index contributed by atoms with van der Waals surface area (Å²) in [6.45, 7) is 0. The molecule has 0 aromatic heterocycles. The van der Waals surface area contributed by atoms with Crippen molar-refractivity contribution in [2.24, 2.45) is 10.3 Å². The molecule has 0 amide bonds. The molecule has 0 bridgehead atoms. The minimum atomic E-state index is -0.523. The molecule has 0 atom stereocenters. The minimum absolute atomic E-state index is 0.0138. The number of nitro benzene ring substituents is 1. The summed E-state index contributed by atoms with van der Waals surface area (Å²) in [7, 11) is 1.30. The van der Waals surface area contributed by atoms with Crippen LogP contribution >= 0.6 is 0 Å². The van der Waals surface area contributed by atoms with E-state index in [0.29, 0.717) is 5.56 Å². The predicted molar refractivity (Wildman–Crippen MR) is 55.8 cm³/mol. The molecule has 16 heavy (non-hydrogen) atoms. The van der Waals surface area contributed by atoms with E-state index in [0.717, 1.165) is 0 Å². The minimum Gasteiger partial charge on any atom is -0.399 e. The van der Waals surface area contributed by atoms with Gasteiger partial charge in [0.2, 0.25) is 0 Å². The van der Waals surface area contributed by atoms with Crippen LogP contribution < -0.4 is 0 Å².